The van der Waals surface area contributed by atoms with Crippen LogP contribution in [0, 0.1) is 5.92 Å². The van der Waals surface area contributed by atoms with Crippen LogP contribution < -0.4 is 16.0 Å². The number of hydrogen-bond acceptors (Lipinski definition) is 9. The highest BCUT2D eigenvalue weighted by atomic mass is 19.4. The van der Waals surface area contributed by atoms with Crippen LogP contribution in [0.2, 0.25) is 0 Å². The molecule has 3 aromatic heterocycles. The van der Waals surface area contributed by atoms with Crippen molar-refractivity contribution in [3.8, 4) is 11.6 Å². The predicted octanol–water partition coefficient (Wildman–Crippen LogP) is 3.80. The second-order valence-electron chi connectivity index (χ2n) is 10.8. The second-order valence-corrected chi connectivity index (χ2v) is 10.8. The van der Waals surface area contributed by atoms with Gasteiger partial charge in [-0.3, -0.25) is 9.51 Å². The van der Waals surface area contributed by atoms with Crippen LogP contribution in [0.15, 0.2) is 33.6 Å². The van der Waals surface area contributed by atoms with E-state index in [1.54, 1.807) is 0 Å². The molecule has 0 aliphatic heterocycles. The van der Waals surface area contributed by atoms with Gasteiger partial charge in [0.2, 0.25) is 17.6 Å². The van der Waals surface area contributed by atoms with Crippen molar-refractivity contribution in [2.75, 3.05) is 23.9 Å². The summed E-state index contributed by atoms with van der Waals surface area (Å²) >= 11 is 0. The lowest BCUT2D eigenvalue weighted by molar-refractivity contribution is -0.137. The van der Waals surface area contributed by atoms with E-state index >= 15 is 0 Å². The minimum Gasteiger partial charge on any atom is -0.394 e. The van der Waals surface area contributed by atoms with Gasteiger partial charge in [-0.15, -0.1) is 0 Å². The lowest BCUT2D eigenvalue weighted by Gasteiger charge is -2.32. The van der Waals surface area contributed by atoms with E-state index < -0.39 is 23.0 Å². The molecule has 2 fully saturated rings. The number of aromatic nitrogens is 6. The van der Waals surface area contributed by atoms with Crippen LogP contribution in [0.4, 0.5) is 24.9 Å². The Hall–Kier alpha value is -3.94. The number of fused-ring (bicyclic) bond motifs is 1. The highest BCUT2D eigenvalue weighted by Gasteiger charge is 2.48. The molecule has 2 saturated carbocycles. The number of halogens is 3. The molecule has 212 valence electrons. The van der Waals surface area contributed by atoms with Crippen LogP contribution in [-0.2, 0) is 12.7 Å². The van der Waals surface area contributed by atoms with E-state index in [2.05, 4.69) is 31.9 Å². The first-order valence-corrected chi connectivity index (χ1v) is 13.2. The van der Waals surface area contributed by atoms with Crippen LogP contribution in [0.5, 0.6) is 0 Å². The monoisotopic (exact) mass is 558 g/mol. The van der Waals surface area contributed by atoms with Crippen LogP contribution in [-0.4, -0.2) is 60.0 Å². The summed E-state index contributed by atoms with van der Waals surface area (Å²) in [5.41, 5.74) is 0.266. The quantitative estimate of drug-likeness (QED) is 0.280. The van der Waals surface area contributed by atoms with Crippen molar-refractivity contribution in [1.29, 1.82) is 0 Å². The summed E-state index contributed by atoms with van der Waals surface area (Å²) in [6, 6.07) is 5.06. The molecule has 3 N–H and O–H groups in total. The van der Waals surface area contributed by atoms with Gasteiger partial charge in [-0.2, -0.15) is 18.2 Å². The second kappa shape index (κ2) is 9.61. The third-order valence-corrected chi connectivity index (χ3v) is 8.21. The number of imidazole rings is 1. The Bertz CT molecular complexity index is 1590. The van der Waals surface area contributed by atoms with Gasteiger partial charge >= 0.3 is 11.9 Å². The molecular weight excluding hydrogens is 529 g/mol. The summed E-state index contributed by atoms with van der Waals surface area (Å²) in [6.07, 6.45) is 0.430. The number of aliphatic hydroxyl groups excluding tert-OH is 1. The number of nitrogens with zero attached hydrogens (tertiary/aromatic N) is 6. The summed E-state index contributed by atoms with van der Waals surface area (Å²) in [7, 11) is 1.83. The maximum atomic E-state index is 13.2. The number of nitrogens with one attached hydrogen (secondary N) is 2. The SMILES string of the molecule is C[C@@H](Nc1nc(-c2noc(=O)[nH]2)nc2nc(N(C)C3(CO)CC3)n(Cc3ccc(C(F)(F)F)cc3)c12)C1CCC1. The van der Waals surface area contributed by atoms with E-state index in [1.807, 2.05) is 16.5 Å². The van der Waals surface area contributed by atoms with Crippen molar-refractivity contribution in [3.05, 3.63) is 45.9 Å². The number of likely N-dealkylation sites (N-methyl/N-ethyl adjacent to an activating group) is 1. The Balaban J connectivity index is 1.51. The summed E-state index contributed by atoms with van der Waals surface area (Å²) in [5.74, 6) is 0.809. The fourth-order valence-corrected chi connectivity index (χ4v) is 5.17. The van der Waals surface area contributed by atoms with Crippen LogP contribution in [0.3, 0.4) is 0 Å². The fourth-order valence-electron chi connectivity index (χ4n) is 5.17. The van der Waals surface area contributed by atoms with Gasteiger partial charge in [0.1, 0.15) is 5.52 Å². The number of benzene rings is 1. The van der Waals surface area contributed by atoms with E-state index in [-0.39, 0.29) is 30.8 Å². The third kappa shape index (κ3) is 4.69. The minimum atomic E-state index is -4.44. The summed E-state index contributed by atoms with van der Waals surface area (Å²) < 4.78 is 46.1. The smallest absolute Gasteiger partial charge is 0.394 e. The molecule has 0 bridgehead atoms. The predicted molar refractivity (Wildman–Crippen MR) is 140 cm³/mol. The Kier molecular flexibility index (Phi) is 6.32. The Labute approximate surface area is 226 Å². The van der Waals surface area contributed by atoms with Crippen molar-refractivity contribution in [2.45, 2.75) is 63.3 Å². The van der Waals surface area contributed by atoms with Gasteiger partial charge in [-0.05, 0) is 56.2 Å². The van der Waals surface area contributed by atoms with Gasteiger partial charge in [-0.25, -0.2) is 14.8 Å². The molecule has 14 heteroatoms. The number of aliphatic hydroxyl groups is 1. The highest BCUT2D eigenvalue weighted by Crippen LogP contribution is 2.44. The molecule has 2 aliphatic rings. The Morgan fingerprint density at radius 2 is 1.95 bits per heavy atom. The van der Waals surface area contributed by atoms with Gasteiger partial charge < -0.3 is 19.9 Å². The zero-order valence-electron chi connectivity index (χ0n) is 22.0. The third-order valence-electron chi connectivity index (χ3n) is 8.21. The number of anilines is 2. The van der Waals surface area contributed by atoms with E-state index in [9.17, 15) is 23.1 Å². The molecule has 0 unspecified atom stereocenters. The summed E-state index contributed by atoms with van der Waals surface area (Å²) in [6.45, 7) is 2.18. The first-order valence-electron chi connectivity index (χ1n) is 13.2. The van der Waals surface area contributed by atoms with Gasteiger partial charge in [0, 0.05) is 13.1 Å². The standard InChI is InChI=1S/C26H29F3N8O3/c1-14(16-4-3-5-16)30-19-18-20(32-21(31-19)22-34-24(39)40-35-22)33-23(36(2)25(13-38)10-11-25)37(18)12-15-6-8-17(9-7-15)26(27,28)29/h6-9,14,16,38H,3-5,10-13H2,1-2H3,(H,30,31,32)(H,34,35,39)/t14-/m1/s1. The molecule has 0 spiro atoms. The van der Waals surface area contributed by atoms with Crippen LogP contribution in [0.1, 0.15) is 50.2 Å². The first kappa shape index (κ1) is 26.3. The van der Waals surface area contributed by atoms with Gasteiger partial charge in [-0.1, -0.05) is 23.7 Å². The lowest BCUT2D eigenvalue weighted by atomic mass is 9.80. The maximum absolute atomic E-state index is 13.2. The minimum absolute atomic E-state index is 0.0486. The van der Waals surface area contributed by atoms with Gasteiger partial charge in [0.15, 0.2) is 11.5 Å². The molecule has 2 aliphatic carbocycles. The summed E-state index contributed by atoms with van der Waals surface area (Å²) in [5, 5.41) is 17.4. The molecule has 0 saturated heterocycles. The largest absolute Gasteiger partial charge is 0.439 e. The molecule has 40 heavy (non-hydrogen) atoms. The van der Waals surface area contributed by atoms with E-state index in [0.717, 1.165) is 44.2 Å². The molecular formula is C26H29F3N8O3. The molecule has 1 atom stereocenters. The number of aromatic amines is 1. The van der Waals surface area contributed by atoms with Gasteiger partial charge in [0.05, 0.1) is 24.3 Å². The molecule has 4 aromatic rings. The number of alkyl halides is 3. The van der Waals surface area contributed by atoms with E-state index in [4.69, 9.17) is 9.97 Å². The number of H-pyrrole nitrogens is 1. The fraction of sp³-hybridized carbons (Fsp3) is 0.500. The summed E-state index contributed by atoms with van der Waals surface area (Å²) in [4.78, 5) is 30.1. The van der Waals surface area contributed by atoms with Crippen LogP contribution in [0.25, 0.3) is 22.8 Å². The zero-order valence-corrected chi connectivity index (χ0v) is 22.0. The normalized spacial score (nSPS) is 17.6. The average molecular weight is 559 g/mol. The average Bonchev–Trinajstić information content (AvgIpc) is 3.43. The number of rotatable bonds is 9. The van der Waals surface area contributed by atoms with Crippen molar-refractivity contribution in [3.63, 3.8) is 0 Å². The van der Waals surface area contributed by atoms with E-state index in [0.29, 0.717) is 34.4 Å². The topological polar surface area (TPSA) is 138 Å². The van der Waals surface area contributed by atoms with E-state index in [1.165, 1.54) is 12.1 Å². The molecule has 1 aromatic carbocycles. The lowest BCUT2D eigenvalue weighted by Crippen LogP contribution is -2.38. The van der Waals surface area contributed by atoms with Crippen molar-refractivity contribution in [1.82, 2.24) is 29.7 Å². The molecule has 11 nitrogen and oxygen atoms in total. The zero-order chi connectivity index (χ0) is 28.2. The van der Waals surface area contributed by atoms with Crippen molar-refractivity contribution in [2.24, 2.45) is 5.92 Å². The van der Waals surface area contributed by atoms with Crippen LogP contribution >= 0.6 is 0 Å². The molecule has 0 amide bonds. The highest BCUT2D eigenvalue weighted by molar-refractivity contribution is 5.87. The molecule has 0 radical (unpaired) electrons. The molecule has 6 rings (SSSR count). The molecule has 3 heterocycles. The van der Waals surface area contributed by atoms with Crippen molar-refractivity contribution >= 4 is 22.9 Å². The number of hydrogen-bond donors (Lipinski definition) is 3. The van der Waals surface area contributed by atoms with Crippen molar-refractivity contribution < 1.29 is 22.8 Å². The Morgan fingerprint density at radius 1 is 1.23 bits per heavy atom. The maximum Gasteiger partial charge on any atom is 0.439 e. The Morgan fingerprint density at radius 3 is 2.50 bits per heavy atom. The van der Waals surface area contributed by atoms with Gasteiger partial charge in [0.25, 0.3) is 0 Å². The first-order chi connectivity index (χ1) is 19.1.